The fraction of sp³-hybridized carbons (Fsp3) is 0.0870. The van der Waals surface area contributed by atoms with Gasteiger partial charge < -0.3 is 15.6 Å². The highest BCUT2D eigenvalue weighted by Gasteiger charge is 2.06. The van der Waals surface area contributed by atoms with Gasteiger partial charge in [0.25, 0.3) is 0 Å². The maximum Gasteiger partial charge on any atom is 0.175 e. The molecule has 0 unspecified atom stereocenters. The molecule has 4 heteroatoms. The smallest absolute Gasteiger partial charge is 0.175 e. The summed E-state index contributed by atoms with van der Waals surface area (Å²) in [5.74, 6) is 0. The largest absolute Gasteiger partial charge is 0.361 e. The molecular formula is C23H21N3S. The SMILES string of the molecule is CCc1ccc(NC(=S)Nc2cccc(-c3cccc4cc[nH]c34)c2)cc1. The average Bonchev–Trinajstić information content (AvgIpc) is 3.17. The number of fused-ring (bicyclic) bond motifs is 1. The molecule has 4 rings (SSSR count). The second-order valence-electron chi connectivity index (χ2n) is 6.46. The number of hydrogen-bond acceptors (Lipinski definition) is 1. The van der Waals surface area contributed by atoms with Crippen molar-refractivity contribution in [1.29, 1.82) is 0 Å². The molecule has 3 N–H and O–H groups in total. The molecule has 1 aromatic heterocycles. The lowest BCUT2D eigenvalue weighted by molar-refractivity contribution is 1.14. The maximum atomic E-state index is 5.47. The molecule has 0 amide bonds. The van der Waals surface area contributed by atoms with E-state index in [1.54, 1.807) is 0 Å². The van der Waals surface area contributed by atoms with Crippen LogP contribution in [0.4, 0.5) is 11.4 Å². The number of benzene rings is 3. The number of nitrogens with one attached hydrogen (secondary N) is 3. The molecule has 0 bridgehead atoms. The molecule has 0 radical (unpaired) electrons. The zero-order valence-electron chi connectivity index (χ0n) is 15.1. The Kier molecular flexibility index (Phi) is 4.90. The summed E-state index contributed by atoms with van der Waals surface area (Å²) >= 11 is 5.47. The number of thiocarbonyl (C=S) groups is 1. The van der Waals surface area contributed by atoms with Crippen LogP contribution in [0.5, 0.6) is 0 Å². The van der Waals surface area contributed by atoms with E-state index in [9.17, 15) is 0 Å². The molecule has 0 saturated carbocycles. The monoisotopic (exact) mass is 371 g/mol. The average molecular weight is 372 g/mol. The molecule has 4 aromatic rings. The van der Waals surface area contributed by atoms with Gasteiger partial charge in [-0.3, -0.25) is 0 Å². The first-order chi connectivity index (χ1) is 13.2. The first kappa shape index (κ1) is 17.3. The van der Waals surface area contributed by atoms with Crippen molar-refractivity contribution in [3.8, 4) is 11.1 Å². The van der Waals surface area contributed by atoms with Crippen molar-refractivity contribution in [3.05, 3.63) is 84.6 Å². The lowest BCUT2D eigenvalue weighted by Gasteiger charge is -2.12. The molecular weight excluding hydrogens is 350 g/mol. The molecule has 0 aliphatic carbocycles. The van der Waals surface area contributed by atoms with E-state index in [4.69, 9.17) is 12.2 Å². The molecule has 0 saturated heterocycles. The number of aromatic nitrogens is 1. The van der Waals surface area contributed by atoms with Crippen LogP contribution in [-0.4, -0.2) is 10.1 Å². The van der Waals surface area contributed by atoms with Crippen LogP contribution in [0, 0.1) is 0 Å². The van der Waals surface area contributed by atoms with E-state index in [0.29, 0.717) is 5.11 Å². The van der Waals surface area contributed by atoms with Crippen molar-refractivity contribution in [2.24, 2.45) is 0 Å². The predicted molar refractivity (Wildman–Crippen MR) is 119 cm³/mol. The molecule has 0 spiro atoms. The summed E-state index contributed by atoms with van der Waals surface area (Å²) < 4.78 is 0. The summed E-state index contributed by atoms with van der Waals surface area (Å²) in [6.07, 6.45) is 3.00. The van der Waals surface area contributed by atoms with E-state index in [-0.39, 0.29) is 0 Å². The van der Waals surface area contributed by atoms with E-state index in [1.807, 2.05) is 18.3 Å². The zero-order valence-corrected chi connectivity index (χ0v) is 15.9. The van der Waals surface area contributed by atoms with Gasteiger partial charge in [-0.2, -0.15) is 0 Å². The van der Waals surface area contributed by atoms with E-state index >= 15 is 0 Å². The lowest BCUT2D eigenvalue weighted by Crippen LogP contribution is -2.19. The Hall–Kier alpha value is -3.11. The van der Waals surface area contributed by atoms with Crippen LogP contribution < -0.4 is 10.6 Å². The molecule has 0 aliphatic rings. The molecule has 1 heterocycles. The minimum Gasteiger partial charge on any atom is -0.361 e. The summed E-state index contributed by atoms with van der Waals surface area (Å²) in [6.45, 7) is 2.15. The summed E-state index contributed by atoms with van der Waals surface area (Å²) in [5, 5.41) is 8.31. The van der Waals surface area contributed by atoms with Crippen molar-refractivity contribution in [2.75, 3.05) is 10.6 Å². The fourth-order valence-corrected chi connectivity index (χ4v) is 3.44. The maximum absolute atomic E-state index is 5.47. The number of rotatable bonds is 4. The van der Waals surface area contributed by atoms with E-state index in [1.165, 1.54) is 16.5 Å². The molecule has 0 atom stereocenters. The first-order valence-corrected chi connectivity index (χ1v) is 9.47. The summed E-state index contributed by atoms with van der Waals surface area (Å²) in [7, 11) is 0. The van der Waals surface area contributed by atoms with Gasteiger partial charge in [-0.05, 0) is 65.5 Å². The van der Waals surface area contributed by atoms with Gasteiger partial charge in [-0.25, -0.2) is 0 Å². The van der Waals surface area contributed by atoms with Crippen molar-refractivity contribution in [2.45, 2.75) is 13.3 Å². The van der Waals surface area contributed by atoms with Gasteiger partial charge in [0.05, 0.1) is 5.52 Å². The Morgan fingerprint density at radius 3 is 2.48 bits per heavy atom. The summed E-state index contributed by atoms with van der Waals surface area (Å²) in [4.78, 5) is 3.33. The van der Waals surface area contributed by atoms with Gasteiger partial charge in [0.1, 0.15) is 0 Å². The lowest BCUT2D eigenvalue weighted by atomic mass is 10.0. The normalized spacial score (nSPS) is 10.7. The molecule has 134 valence electrons. The van der Waals surface area contributed by atoms with E-state index < -0.39 is 0 Å². The van der Waals surface area contributed by atoms with Crippen molar-refractivity contribution < 1.29 is 0 Å². The van der Waals surface area contributed by atoms with Crippen molar-refractivity contribution in [1.82, 2.24) is 4.98 Å². The second-order valence-corrected chi connectivity index (χ2v) is 6.87. The molecule has 3 nitrogen and oxygen atoms in total. The van der Waals surface area contributed by atoms with Gasteiger partial charge in [0.15, 0.2) is 5.11 Å². The number of aromatic amines is 1. The Labute approximate surface area is 164 Å². The van der Waals surface area contributed by atoms with Crippen LogP contribution in [0.2, 0.25) is 0 Å². The molecule has 0 fully saturated rings. The third kappa shape index (κ3) is 3.86. The molecule has 0 aliphatic heterocycles. The fourth-order valence-electron chi connectivity index (χ4n) is 3.21. The minimum atomic E-state index is 0.578. The van der Waals surface area contributed by atoms with Crippen molar-refractivity contribution in [3.63, 3.8) is 0 Å². The highest BCUT2D eigenvalue weighted by molar-refractivity contribution is 7.80. The third-order valence-corrected chi connectivity index (χ3v) is 4.84. The van der Waals surface area contributed by atoms with Gasteiger partial charge >= 0.3 is 0 Å². The van der Waals surface area contributed by atoms with E-state index in [2.05, 4.69) is 83.2 Å². The zero-order chi connectivity index (χ0) is 18.6. The number of H-pyrrole nitrogens is 1. The third-order valence-electron chi connectivity index (χ3n) is 4.64. The Morgan fingerprint density at radius 2 is 1.67 bits per heavy atom. The van der Waals surface area contributed by atoms with Crippen LogP contribution in [0.15, 0.2) is 79.0 Å². The number of para-hydroxylation sites is 1. The Morgan fingerprint density at radius 1 is 0.889 bits per heavy atom. The summed E-state index contributed by atoms with van der Waals surface area (Å²) in [5.41, 5.74) is 6.71. The summed E-state index contributed by atoms with van der Waals surface area (Å²) in [6, 6.07) is 25.0. The van der Waals surface area contributed by atoms with Crippen LogP contribution in [0.25, 0.3) is 22.0 Å². The van der Waals surface area contributed by atoms with Crippen LogP contribution in [0.1, 0.15) is 12.5 Å². The number of aryl methyl sites for hydroxylation is 1. The quantitative estimate of drug-likeness (QED) is 0.374. The van der Waals surface area contributed by atoms with Gasteiger partial charge in [0, 0.05) is 23.1 Å². The second kappa shape index (κ2) is 7.64. The van der Waals surface area contributed by atoms with Crippen LogP contribution >= 0.6 is 12.2 Å². The predicted octanol–water partition coefficient (Wildman–Crippen LogP) is 6.21. The highest BCUT2D eigenvalue weighted by Crippen LogP contribution is 2.29. The number of anilines is 2. The number of hydrogen-bond donors (Lipinski definition) is 3. The Bertz CT molecular complexity index is 1080. The highest BCUT2D eigenvalue weighted by atomic mass is 32.1. The van der Waals surface area contributed by atoms with E-state index in [0.717, 1.165) is 28.9 Å². The topological polar surface area (TPSA) is 39.8 Å². The molecule has 3 aromatic carbocycles. The van der Waals surface area contributed by atoms with Crippen LogP contribution in [0.3, 0.4) is 0 Å². The van der Waals surface area contributed by atoms with Gasteiger partial charge in [-0.1, -0.05) is 49.4 Å². The van der Waals surface area contributed by atoms with Crippen molar-refractivity contribution >= 4 is 39.6 Å². The Balaban J connectivity index is 1.52. The van der Waals surface area contributed by atoms with Crippen LogP contribution in [-0.2, 0) is 6.42 Å². The van der Waals surface area contributed by atoms with Gasteiger partial charge in [0.2, 0.25) is 0 Å². The first-order valence-electron chi connectivity index (χ1n) is 9.06. The van der Waals surface area contributed by atoms with Gasteiger partial charge in [-0.15, -0.1) is 0 Å². The minimum absolute atomic E-state index is 0.578. The standard InChI is InChI=1S/C23H21N3S/c1-2-16-9-11-19(12-10-16)25-23(27)26-20-7-3-6-18(15-20)21-8-4-5-17-13-14-24-22(17)21/h3-15,24H,2H2,1H3,(H2,25,26,27). The molecule has 27 heavy (non-hydrogen) atoms.